The molecule has 2 aromatic carbocycles. The number of carbonyl (C=O) groups is 1. The zero-order chi connectivity index (χ0) is 18.5. The minimum absolute atomic E-state index is 0.0877. The van der Waals surface area contributed by atoms with Crippen molar-refractivity contribution in [3.8, 4) is 11.5 Å². The van der Waals surface area contributed by atoms with Crippen LogP contribution in [0.4, 0.5) is 5.69 Å². The number of ether oxygens (including phenoxy) is 3. The number of hydrogen-bond acceptors (Lipinski definition) is 6. The predicted octanol–water partition coefficient (Wildman–Crippen LogP) is 2.25. The number of anilines is 1. The van der Waals surface area contributed by atoms with Gasteiger partial charge in [-0.2, -0.15) is 0 Å². The molecule has 138 valence electrons. The summed E-state index contributed by atoms with van der Waals surface area (Å²) < 4.78 is 16.3. The van der Waals surface area contributed by atoms with Gasteiger partial charge >= 0.3 is 0 Å². The molecule has 1 aliphatic heterocycles. The fourth-order valence-corrected chi connectivity index (χ4v) is 3.30. The molecule has 3 rings (SSSR count). The first kappa shape index (κ1) is 18.2. The molecule has 1 aliphatic rings. The number of nitrogens with zero attached hydrogens (tertiary/aromatic N) is 1. The highest BCUT2D eigenvalue weighted by Crippen LogP contribution is 2.30. The molecule has 6 nitrogen and oxygen atoms in total. The fraction of sp³-hybridized carbons (Fsp3) is 0.350. The Morgan fingerprint density at radius 3 is 2.65 bits per heavy atom. The van der Waals surface area contributed by atoms with Gasteiger partial charge in [-0.05, 0) is 41.8 Å². The smallest absolute Gasteiger partial charge is 0.167 e. The number of hydrogen-bond donors (Lipinski definition) is 1. The van der Waals surface area contributed by atoms with E-state index in [1.165, 1.54) is 0 Å². The van der Waals surface area contributed by atoms with E-state index >= 15 is 0 Å². The van der Waals surface area contributed by atoms with Gasteiger partial charge in [0.2, 0.25) is 0 Å². The normalized spacial score (nSPS) is 20.1. The number of methoxy groups -OCH3 is 2. The zero-order valence-electron chi connectivity index (χ0n) is 15.1. The third kappa shape index (κ3) is 3.98. The number of rotatable bonds is 7. The molecular weight excluding hydrogens is 332 g/mol. The lowest BCUT2D eigenvalue weighted by molar-refractivity contribution is -0.122. The van der Waals surface area contributed by atoms with Crippen molar-refractivity contribution in [3.05, 3.63) is 53.6 Å². The monoisotopic (exact) mass is 356 g/mol. The average Bonchev–Trinajstić information content (AvgIpc) is 3.03. The van der Waals surface area contributed by atoms with Crippen molar-refractivity contribution in [2.24, 2.45) is 0 Å². The molecule has 0 bridgehead atoms. The Morgan fingerprint density at radius 2 is 1.96 bits per heavy atom. The third-order valence-corrected chi connectivity index (χ3v) is 4.61. The van der Waals surface area contributed by atoms with Gasteiger partial charge < -0.3 is 19.9 Å². The van der Waals surface area contributed by atoms with Crippen molar-refractivity contribution in [1.82, 2.24) is 4.90 Å². The minimum atomic E-state index is -0.540. The van der Waals surface area contributed by atoms with E-state index in [0.29, 0.717) is 30.3 Å². The second kappa shape index (κ2) is 8.21. The van der Waals surface area contributed by atoms with E-state index in [1.54, 1.807) is 14.2 Å². The van der Waals surface area contributed by atoms with Crippen LogP contribution in [-0.2, 0) is 22.5 Å². The number of aldehydes is 1. The van der Waals surface area contributed by atoms with E-state index in [1.807, 2.05) is 42.5 Å². The van der Waals surface area contributed by atoms with Crippen LogP contribution in [0.2, 0.25) is 0 Å². The summed E-state index contributed by atoms with van der Waals surface area (Å²) in [5.74, 6) is 1.39. The highest BCUT2D eigenvalue weighted by Gasteiger charge is 2.34. The van der Waals surface area contributed by atoms with Crippen molar-refractivity contribution < 1.29 is 19.0 Å². The van der Waals surface area contributed by atoms with Crippen molar-refractivity contribution >= 4 is 12.0 Å². The lowest BCUT2D eigenvalue weighted by Crippen LogP contribution is -2.38. The van der Waals surface area contributed by atoms with Gasteiger partial charge in [0.1, 0.15) is 0 Å². The van der Waals surface area contributed by atoms with Gasteiger partial charge in [-0.1, -0.05) is 18.2 Å². The second-order valence-corrected chi connectivity index (χ2v) is 6.32. The summed E-state index contributed by atoms with van der Waals surface area (Å²) in [6, 6.07) is 13.6. The van der Waals surface area contributed by atoms with E-state index in [2.05, 4.69) is 4.90 Å². The lowest BCUT2D eigenvalue weighted by Gasteiger charge is -2.25. The van der Waals surface area contributed by atoms with Gasteiger partial charge in [-0.3, -0.25) is 9.69 Å². The molecule has 0 aliphatic carbocycles. The van der Waals surface area contributed by atoms with E-state index in [4.69, 9.17) is 19.9 Å². The SMILES string of the molecule is COc1ccc(C[C@H]2COC(C=O)N2Cc2cccc(N)c2)cc1OC. The van der Waals surface area contributed by atoms with Gasteiger partial charge in [-0.25, -0.2) is 0 Å². The predicted molar refractivity (Wildman–Crippen MR) is 99.2 cm³/mol. The summed E-state index contributed by atoms with van der Waals surface area (Å²) in [6.07, 6.45) is 1.05. The van der Waals surface area contributed by atoms with Gasteiger partial charge in [0.05, 0.1) is 20.8 Å². The summed E-state index contributed by atoms with van der Waals surface area (Å²) in [5, 5.41) is 0. The summed E-state index contributed by atoms with van der Waals surface area (Å²) in [5.41, 5.74) is 8.74. The molecular formula is C20H24N2O4. The van der Waals surface area contributed by atoms with Gasteiger partial charge in [0.15, 0.2) is 24.0 Å². The Morgan fingerprint density at radius 1 is 1.15 bits per heavy atom. The fourth-order valence-electron chi connectivity index (χ4n) is 3.30. The first-order valence-electron chi connectivity index (χ1n) is 8.52. The highest BCUT2D eigenvalue weighted by atomic mass is 16.5. The Bertz CT molecular complexity index is 765. The van der Waals surface area contributed by atoms with Crippen LogP contribution in [-0.4, -0.2) is 44.3 Å². The maximum Gasteiger partial charge on any atom is 0.167 e. The Kier molecular flexibility index (Phi) is 5.75. The maximum atomic E-state index is 11.4. The van der Waals surface area contributed by atoms with Crippen LogP contribution in [0.15, 0.2) is 42.5 Å². The average molecular weight is 356 g/mol. The van der Waals surface area contributed by atoms with Gasteiger partial charge in [0.25, 0.3) is 0 Å². The first-order chi connectivity index (χ1) is 12.6. The number of nitrogens with two attached hydrogens (primary N) is 1. The summed E-state index contributed by atoms with van der Waals surface area (Å²) in [4.78, 5) is 13.5. The molecule has 6 heteroatoms. The van der Waals surface area contributed by atoms with Crippen molar-refractivity contribution in [3.63, 3.8) is 0 Å². The van der Waals surface area contributed by atoms with Crippen LogP contribution < -0.4 is 15.2 Å². The summed E-state index contributed by atoms with van der Waals surface area (Å²) >= 11 is 0. The number of benzene rings is 2. The molecule has 1 unspecified atom stereocenters. The van der Waals surface area contributed by atoms with E-state index in [0.717, 1.165) is 23.8 Å². The molecule has 0 spiro atoms. The minimum Gasteiger partial charge on any atom is -0.493 e. The molecule has 0 saturated carbocycles. The van der Waals surface area contributed by atoms with E-state index < -0.39 is 6.23 Å². The summed E-state index contributed by atoms with van der Waals surface area (Å²) in [7, 11) is 3.24. The van der Waals surface area contributed by atoms with Gasteiger partial charge in [0, 0.05) is 18.3 Å². The van der Waals surface area contributed by atoms with Crippen LogP contribution in [0.3, 0.4) is 0 Å². The molecule has 0 aromatic heterocycles. The van der Waals surface area contributed by atoms with E-state index in [-0.39, 0.29) is 6.04 Å². The highest BCUT2D eigenvalue weighted by molar-refractivity contribution is 5.56. The van der Waals surface area contributed by atoms with Gasteiger partial charge in [-0.15, -0.1) is 0 Å². The van der Waals surface area contributed by atoms with Crippen LogP contribution in [0.1, 0.15) is 11.1 Å². The molecule has 2 aromatic rings. The first-order valence-corrected chi connectivity index (χ1v) is 8.52. The van der Waals surface area contributed by atoms with E-state index in [9.17, 15) is 4.79 Å². The Hall–Kier alpha value is -2.57. The topological polar surface area (TPSA) is 74.0 Å². The molecule has 1 fully saturated rings. The molecule has 0 radical (unpaired) electrons. The molecule has 1 heterocycles. The van der Waals surface area contributed by atoms with Crippen LogP contribution in [0.25, 0.3) is 0 Å². The van der Waals surface area contributed by atoms with Crippen molar-refractivity contribution in [2.45, 2.75) is 25.2 Å². The lowest BCUT2D eigenvalue weighted by atomic mass is 10.0. The maximum absolute atomic E-state index is 11.4. The Balaban J connectivity index is 1.78. The molecule has 0 amide bonds. The quantitative estimate of drug-likeness (QED) is 0.606. The van der Waals surface area contributed by atoms with Crippen LogP contribution >= 0.6 is 0 Å². The standard InChI is InChI=1S/C20H24N2O4/c1-24-18-7-6-14(10-19(18)25-2)9-17-13-26-20(12-23)22(17)11-15-4-3-5-16(21)8-15/h3-8,10,12,17,20H,9,11,13,21H2,1-2H3/t17-,20?/m0/s1. The Labute approximate surface area is 153 Å². The molecule has 26 heavy (non-hydrogen) atoms. The van der Waals surface area contributed by atoms with Crippen molar-refractivity contribution in [1.29, 1.82) is 0 Å². The molecule has 2 atom stereocenters. The summed E-state index contributed by atoms with van der Waals surface area (Å²) in [6.45, 7) is 1.10. The molecule has 1 saturated heterocycles. The van der Waals surface area contributed by atoms with Crippen molar-refractivity contribution in [2.75, 3.05) is 26.6 Å². The second-order valence-electron chi connectivity index (χ2n) is 6.32. The third-order valence-electron chi connectivity index (χ3n) is 4.61. The van der Waals surface area contributed by atoms with Crippen LogP contribution in [0.5, 0.6) is 11.5 Å². The molecule has 2 N–H and O–H groups in total. The number of carbonyl (C=O) groups excluding carboxylic acids is 1. The number of nitrogen functional groups attached to an aromatic ring is 1. The zero-order valence-corrected chi connectivity index (χ0v) is 15.1. The van der Waals surface area contributed by atoms with Crippen LogP contribution in [0, 0.1) is 0 Å². The largest absolute Gasteiger partial charge is 0.493 e.